The van der Waals surface area contributed by atoms with Crippen molar-refractivity contribution in [3.05, 3.63) is 53.8 Å². The number of hydrogen-bond acceptors (Lipinski definition) is 3. The Labute approximate surface area is 105 Å². The summed E-state index contributed by atoms with van der Waals surface area (Å²) < 4.78 is 23.7. The second kappa shape index (κ2) is 5.40. The van der Waals surface area contributed by atoms with Crippen molar-refractivity contribution < 1.29 is 13.9 Å². The summed E-state index contributed by atoms with van der Waals surface area (Å²) in [6.45, 7) is 0.299. The van der Waals surface area contributed by atoms with E-state index in [1.165, 1.54) is 12.1 Å². The lowest BCUT2D eigenvalue weighted by Gasteiger charge is -2.10. The van der Waals surface area contributed by atoms with E-state index in [2.05, 4.69) is 0 Å². The molecule has 0 spiro atoms. The minimum absolute atomic E-state index is 0.299. The number of ether oxygens (including phenoxy) is 2. The van der Waals surface area contributed by atoms with Gasteiger partial charge in [-0.2, -0.15) is 0 Å². The molecule has 0 unspecified atom stereocenters. The third kappa shape index (κ3) is 2.91. The summed E-state index contributed by atoms with van der Waals surface area (Å²) in [5.74, 6) is 0.817. The van der Waals surface area contributed by atoms with E-state index in [1.54, 1.807) is 31.4 Å². The number of rotatable bonds is 4. The average Bonchev–Trinajstić information content (AvgIpc) is 2.37. The van der Waals surface area contributed by atoms with Crippen LogP contribution in [0.15, 0.2) is 42.5 Å². The number of hydrogen-bond donors (Lipinski definition) is 1. The molecule has 0 radical (unpaired) electrons. The highest BCUT2D eigenvalue weighted by molar-refractivity contribution is 5.48. The molecule has 0 aliphatic rings. The van der Waals surface area contributed by atoms with Gasteiger partial charge in [-0.3, -0.25) is 0 Å². The Bertz CT molecular complexity index is 543. The van der Waals surface area contributed by atoms with Gasteiger partial charge in [-0.1, -0.05) is 6.07 Å². The van der Waals surface area contributed by atoms with Gasteiger partial charge in [0.25, 0.3) is 0 Å². The van der Waals surface area contributed by atoms with Crippen molar-refractivity contribution in [2.24, 2.45) is 0 Å². The minimum atomic E-state index is -0.322. The summed E-state index contributed by atoms with van der Waals surface area (Å²) in [5.41, 5.74) is 7.14. The van der Waals surface area contributed by atoms with Gasteiger partial charge in [0.15, 0.2) is 0 Å². The highest BCUT2D eigenvalue weighted by Gasteiger charge is 2.04. The molecular weight excluding hydrogens is 233 g/mol. The third-order valence-electron chi connectivity index (χ3n) is 2.50. The van der Waals surface area contributed by atoms with E-state index in [4.69, 9.17) is 15.2 Å². The summed E-state index contributed by atoms with van der Waals surface area (Å²) in [7, 11) is 1.57. The molecule has 2 rings (SSSR count). The molecule has 3 nitrogen and oxygen atoms in total. The topological polar surface area (TPSA) is 44.5 Å². The van der Waals surface area contributed by atoms with Crippen LogP contribution in [-0.4, -0.2) is 7.11 Å². The molecule has 0 aliphatic carbocycles. The van der Waals surface area contributed by atoms with E-state index >= 15 is 0 Å². The zero-order chi connectivity index (χ0) is 13.0. The summed E-state index contributed by atoms with van der Waals surface area (Å²) >= 11 is 0. The fourth-order valence-electron chi connectivity index (χ4n) is 1.60. The van der Waals surface area contributed by atoms with Gasteiger partial charge in [-0.25, -0.2) is 4.39 Å². The van der Waals surface area contributed by atoms with Crippen LogP contribution in [-0.2, 0) is 6.61 Å². The normalized spacial score (nSPS) is 10.1. The maximum atomic E-state index is 13.0. The van der Waals surface area contributed by atoms with Gasteiger partial charge in [0.2, 0.25) is 0 Å². The first-order valence-electron chi connectivity index (χ1n) is 5.50. The maximum absolute atomic E-state index is 13.0. The molecule has 0 saturated heterocycles. The number of methoxy groups -OCH3 is 1. The van der Waals surface area contributed by atoms with Crippen LogP contribution in [0.25, 0.3) is 0 Å². The van der Waals surface area contributed by atoms with Crippen LogP contribution in [0.3, 0.4) is 0 Å². The van der Waals surface area contributed by atoms with E-state index in [0.717, 1.165) is 5.56 Å². The highest BCUT2D eigenvalue weighted by atomic mass is 19.1. The zero-order valence-corrected chi connectivity index (χ0v) is 10.0. The molecule has 0 saturated carbocycles. The van der Waals surface area contributed by atoms with Crippen molar-refractivity contribution in [3.63, 3.8) is 0 Å². The standard InChI is InChI=1S/C14H14FNO2/c1-17-14-8-12(16)6-5-10(14)9-18-13-4-2-3-11(15)7-13/h2-8H,9,16H2,1H3. The molecule has 4 heteroatoms. The summed E-state index contributed by atoms with van der Waals surface area (Å²) in [6.07, 6.45) is 0. The van der Waals surface area contributed by atoms with Gasteiger partial charge in [0.05, 0.1) is 7.11 Å². The Balaban J connectivity index is 2.10. The second-order valence-corrected chi connectivity index (χ2v) is 3.82. The lowest BCUT2D eigenvalue weighted by molar-refractivity contribution is 0.295. The number of nitrogen functional groups attached to an aromatic ring is 1. The molecule has 0 aromatic heterocycles. The third-order valence-corrected chi connectivity index (χ3v) is 2.50. The molecule has 0 heterocycles. The fourth-order valence-corrected chi connectivity index (χ4v) is 1.60. The van der Waals surface area contributed by atoms with E-state index in [-0.39, 0.29) is 5.82 Å². The fraction of sp³-hybridized carbons (Fsp3) is 0.143. The molecule has 0 bridgehead atoms. The molecule has 0 fully saturated rings. The minimum Gasteiger partial charge on any atom is -0.496 e. The number of benzene rings is 2. The Morgan fingerprint density at radius 1 is 1.17 bits per heavy atom. The lowest BCUT2D eigenvalue weighted by Crippen LogP contribution is -2.00. The zero-order valence-electron chi connectivity index (χ0n) is 10.0. The predicted molar refractivity (Wildman–Crippen MR) is 68.1 cm³/mol. The Morgan fingerprint density at radius 2 is 2.00 bits per heavy atom. The molecule has 94 valence electrons. The van der Waals surface area contributed by atoms with Crippen molar-refractivity contribution in [2.75, 3.05) is 12.8 Å². The van der Waals surface area contributed by atoms with Gasteiger partial charge in [-0.05, 0) is 24.3 Å². The quantitative estimate of drug-likeness (QED) is 0.845. The van der Waals surface area contributed by atoms with E-state index < -0.39 is 0 Å². The molecule has 18 heavy (non-hydrogen) atoms. The number of anilines is 1. The van der Waals surface area contributed by atoms with Gasteiger partial charge in [0.1, 0.15) is 23.9 Å². The molecular formula is C14H14FNO2. The number of nitrogens with two attached hydrogens (primary N) is 1. The van der Waals surface area contributed by atoms with Crippen molar-refractivity contribution in [1.29, 1.82) is 0 Å². The Morgan fingerprint density at radius 3 is 2.72 bits per heavy atom. The van der Waals surface area contributed by atoms with E-state index in [0.29, 0.717) is 23.8 Å². The number of halogens is 1. The first-order valence-corrected chi connectivity index (χ1v) is 5.50. The van der Waals surface area contributed by atoms with Crippen molar-refractivity contribution >= 4 is 5.69 Å². The van der Waals surface area contributed by atoms with E-state index in [9.17, 15) is 4.39 Å². The molecule has 2 aromatic carbocycles. The molecule has 2 aromatic rings. The van der Waals surface area contributed by atoms with Crippen LogP contribution >= 0.6 is 0 Å². The lowest BCUT2D eigenvalue weighted by atomic mass is 10.2. The molecule has 0 amide bonds. The molecule has 2 N–H and O–H groups in total. The first-order chi connectivity index (χ1) is 8.69. The van der Waals surface area contributed by atoms with Crippen LogP contribution in [0, 0.1) is 5.82 Å². The second-order valence-electron chi connectivity index (χ2n) is 3.82. The SMILES string of the molecule is COc1cc(N)ccc1COc1cccc(F)c1. The van der Waals surface area contributed by atoms with Gasteiger partial charge >= 0.3 is 0 Å². The predicted octanol–water partition coefficient (Wildman–Crippen LogP) is 3.00. The monoisotopic (exact) mass is 247 g/mol. The van der Waals surface area contributed by atoms with Crippen LogP contribution in [0.4, 0.5) is 10.1 Å². The molecule has 0 aliphatic heterocycles. The van der Waals surface area contributed by atoms with Gasteiger partial charge < -0.3 is 15.2 Å². The summed E-state index contributed by atoms with van der Waals surface area (Å²) in [4.78, 5) is 0. The van der Waals surface area contributed by atoms with E-state index in [1.807, 2.05) is 6.07 Å². The Kier molecular flexibility index (Phi) is 3.67. The Hall–Kier alpha value is -2.23. The molecule has 0 atom stereocenters. The van der Waals surface area contributed by atoms with Crippen molar-refractivity contribution in [1.82, 2.24) is 0 Å². The van der Waals surface area contributed by atoms with Crippen LogP contribution in [0.5, 0.6) is 11.5 Å². The van der Waals surface area contributed by atoms with Crippen LogP contribution in [0.2, 0.25) is 0 Å². The summed E-state index contributed by atoms with van der Waals surface area (Å²) in [5, 5.41) is 0. The highest BCUT2D eigenvalue weighted by Crippen LogP contribution is 2.23. The first kappa shape index (κ1) is 12.2. The van der Waals surface area contributed by atoms with Crippen LogP contribution in [0.1, 0.15) is 5.56 Å². The van der Waals surface area contributed by atoms with Crippen molar-refractivity contribution in [2.45, 2.75) is 6.61 Å². The van der Waals surface area contributed by atoms with Crippen LogP contribution < -0.4 is 15.2 Å². The average molecular weight is 247 g/mol. The smallest absolute Gasteiger partial charge is 0.127 e. The van der Waals surface area contributed by atoms with Gasteiger partial charge in [0, 0.05) is 23.4 Å². The maximum Gasteiger partial charge on any atom is 0.127 e. The van der Waals surface area contributed by atoms with Crippen molar-refractivity contribution in [3.8, 4) is 11.5 Å². The largest absolute Gasteiger partial charge is 0.496 e. The summed E-state index contributed by atoms with van der Waals surface area (Å²) in [6, 6.07) is 11.3. The van der Waals surface area contributed by atoms with Gasteiger partial charge in [-0.15, -0.1) is 0 Å².